The molecule has 7 heteroatoms. The molecule has 0 saturated carbocycles. The number of hydrogen-bond acceptors (Lipinski definition) is 3. The first kappa shape index (κ1) is 22.3. The summed E-state index contributed by atoms with van der Waals surface area (Å²) in [6.45, 7) is 3.31. The van der Waals surface area contributed by atoms with E-state index in [9.17, 15) is 14.4 Å². The molecule has 0 spiro atoms. The lowest BCUT2D eigenvalue weighted by molar-refractivity contribution is -0.141. The fourth-order valence-corrected chi connectivity index (χ4v) is 4.87. The fraction of sp³-hybridized carbons (Fsp3) is 0.400. The van der Waals surface area contributed by atoms with Gasteiger partial charge in [0.15, 0.2) is 0 Å². The Morgan fingerprint density at radius 1 is 0.938 bits per heavy atom. The van der Waals surface area contributed by atoms with Crippen molar-refractivity contribution in [3.63, 3.8) is 0 Å². The summed E-state index contributed by atoms with van der Waals surface area (Å²) in [4.78, 5) is 42.9. The van der Waals surface area contributed by atoms with Crippen LogP contribution in [0.2, 0.25) is 5.02 Å². The molecule has 3 amide bonds. The van der Waals surface area contributed by atoms with Crippen molar-refractivity contribution in [2.45, 2.75) is 51.2 Å². The molecule has 0 unspecified atom stereocenters. The van der Waals surface area contributed by atoms with E-state index in [-0.39, 0.29) is 17.7 Å². The van der Waals surface area contributed by atoms with E-state index in [1.165, 1.54) is 0 Å². The number of aryl methyl sites for hydroxylation is 1. The van der Waals surface area contributed by atoms with Crippen LogP contribution in [0.15, 0.2) is 48.5 Å². The maximum atomic E-state index is 13.5. The number of nitrogens with one attached hydrogen (secondary N) is 1. The Kier molecular flexibility index (Phi) is 6.80. The standard InChI is InChI=1S/C25H28ClN3O3/c1-17-8-2-4-10-19(17)24(31)29-15-7-13-22(29)25(32)28-14-6-12-21(28)23(30)27-16-18-9-3-5-11-20(18)26/h2-5,8-11,21-22H,6-7,12-16H2,1H3,(H,27,30)/t21-,22-/m1/s1. The van der Waals surface area contributed by atoms with Crippen molar-refractivity contribution in [2.24, 2.45) is 0 Å². The molecule has 2 saturated heterocycles. The number of rotatable bonds is 5. The van der Waals surface area contributed by atoms with Gasteiger partial charge in [-0.25, -0.2) is 0 Å². The van der Waals surface area contributed by atoms with Crippen LogP contribution < -0.4 is 5.32 Å². The van der Waals surface area contributed by atoms with Crippen LogP contribution in [0, 0.1) is 6.92 Å². The van der Waals surface area contributed by atoms with Gasteiger partial charge in [-0.1, -0.05) is 48.0 Å². The minimum atomic E-state index is -0.515. The van der Waals surface area contributed by atoms with Crippen LogP contribution in [-0.4, -0.2) is 52.7 Å². The quantitative estimate of drug-likeness (QED) is 0.752. The zero-order chi connectivity index (χ0) is 22.7. The van der Waals surface area contributed by atoms with Gasteiger partial charge in [0, 0.05) is 30.2 Å². The van der Waals surface area contributed by atoms with E-state index in [0.29, 0.717) is 43.1 Å². The number of carbonyl (C=O) groups excluding carboxylic acids is 3. The number of carbonyl (C=O) groups is 3. The zero-order valence-electron chi connectivity index (χ0n) is 18.2. The van der Waals surface area contributed by atoms with E-state index in [4.69, 9.17) is 11.6 Å². The number of halogens is 1. The lowest BCUT2D eigenvalue weighted by Gasteiger charge is -2.31. The van der Waals surface area contributed by atoms with E-state index in [0.717, 1.165) is 24.0 Å². The van der Waals surface area contributed by atoms with Gasteiger partial charge in [0.2, 0.25) is 11.8 Å². The Morgan fingerprint density at radius 3 is 2.34 bits per heavy atom. The maximum absolute atomic E-state index is 13.5. The molecule has 6 nitrogen and oxygen atoms in total. The van der Waals surface area contributed by atoms with Crippen molar-refractivity contribution in [3.8, 4) is 0 Å². The second-order valence-corrected chi connectivity index (χ2v) is 8.88. The number of benzene rings is 2. The molecule has 2 aromatic rings. The summed E-state index contributed by atoms with van der Waals surface area (Å²) >= 11 is 6.19. The van der Waals surface area contributed by atoms with Crippen molar-refractivity contribution in [1.29, 1.82) is 0 Å². The van der Waals surface area contributed by atoms with Crippen LogP contribution in [0.25, 0.3) is 0 Å². The molecule has 2 fully saturated rings. The summed E-state index contributed by atoms with van der Waals surface area (Å²) < 4.78 is 0. The molecule has 2 aliphatic heterocycles. The maximum Gasteiger partial charge on any atom is 0.254 e. The van der Waals surface area contributed by atoms with Crippen molar-refractivity contribution in [2.75, 3.05) is 13.1 Å². The van der Waals surface area contributed by atoms with E-state index >= 15 is 0 Å². The fourth-order valence-electron chi connectivity index (χ4n) is 4.67. The highest BCUT2D eigenvalue weighted by atomic mass is 35.5. The smallest absolute Gasteiger partial charge is 0.254 e. The highest BCUT2D eigenvalue weighted by molar-refractivity contribution is 6.31. The van der Waals surface area contributed by atoms with Crippen molar-refractivity contribution < 1.29 is 14.4 Å². The largest absolute Gasteiger partial charge is 0.350 e. The molecule has 0 aliphatic carbocycles. The third-order valence-electron chi connectivity index (χ3n) is 6.42. The molecule has 2 aromatic carbocycles. The minimum absolute atomic E-state index is 0.113. The molecular weight excluding hydrogens is 426 g/mol. The topological polar surface area (TPSA) is 69.7 Å². The average Bonchev–Trinajstić information content (AvgIpc) is 3.48. The highest BCUT2D eigenvalue weighted by Gasteiger charge is 2.42. The average molecular weight is 454 g/mol. The molecule has 168 valence electrons. The van der Waals surface area contributed by atoms with E-state index < -0.39 is 12.1 Å². The van der Waals surface area contributed by atoms with Gasteiger partial charge in [0.1, 0.15) is 12.1 Å². The summed E-state index contributed by atoms with van der Waals surface area (Å²) in [5, 5.41) is 3.53. The first-order valence-corrected chi connectivity index (χ1v) is 11.5. The number of nitrogens with zero attached hydrogens (tertiary/aromatic N) is 2. The lowest BCUT2D eigenvalue weighted by Crippen LogP contribution is -2.52. The summed E-state index contributed by atoms with van der Waals surface area (Å²) in [6.07, 6.45) is 2.80. The second-order valence-electron chi connectivity index (χ2n) is 8.47. The summed E-state index contributed by atoms with van der Waals surface area (Å²) in [5.74, 6) is -0.414. The minimum Gasteiger partial charge on any atom is -0.350 e. The van der Waals surface area contributed by atoms with Crippen LogP contribution in [0.4, 0.5) is 0 Å². The molecule has 0 aromatic heterocycles. The summed E-state index contributed by atoms with van der Waals surface area (Å²) in [5.41, 5.74) is 2.36. The molecule has 2 atom stereocenters. The second kappa shape index (κ2) is 9.74. The van der Waals surface area contributed by atoms with Crippen molar-refractivity contribution in [1.82, 2.24) is 15.1 Å². The van der Waals surface area contributed by atoms with Crippen LogP contribution in [0.1, 0.15) is 47.2 Å². The van der Waals surface area contributed by atoms with Gasteiger partial charge in [-0.2, -0.15) is 0 Å². The molecule has 0 bridgehead atoms. The van der Waals surface area contributed by atoms with Crippen molar-refractivity contribution in [3.05, 3.63) is 70.2 Å². The predicted molar refractivity (Wildman–Crippen MR) is 123 cm³/mol. The third kappa shape index (κ3) is 4.51. The molecular formula is C25H28ClN3O3. The molecule has 0 radical (unpaired) electrons. The van der Waals surface area contributed by atoms with Gasteiger partial charge >= 0.3 is 0 Å². The number of hydrogen-bond donors (Lipinski definition) is 1. The monoisotopic (exact) mass is 453 g/mol. The first-order chi connectivity index (χ1) is 15.5. The highest BCUT2D eigenvalue weighted by Crippen LogP contribution is 2.27. The molecule has 1 N–H and O–H groups in total. The zero-order valence-corrected chi connectivity index (χ0v) is 19.0. The van der Waals surface area contributed by atoms with Crippen LogP contribution >= 0.6 is 11.6 Å². The van der Waals surface area contributed by atoms with Gasteiger partial charge in [-0.15, -0.1) is 0 Å². The SMILES string of the molecule is Cc1ccccc1C(=O)N1CCC[C@@H]1C(=O)N1CCC[C@@H]1C(=O)NCc1ccccc1Cl. The Morgan fingerprint density at radius 2 is 1.59 bits per heavy atom. The van der Waals surface area contributed by atoms with Crippen LogP contribution in [0.3, 0.4) is 0 Å². The van der Waals surface area contributed by atoms with Crippen molar-refractivity contribution >= 4 is 29.3 Å². The molecule has 2 aliphatic rings. The Bertz CT molecular complexity index is 1020. The van der Waals surface area contributed by atoms with Crippen LogP contribution in [-0.2, 0) is 16.1 Å². The van der Waals surface area contributed by atoms with Gasteiger partial charge in [0.25, 0.3) is 5.91 Å². The molecule has 32 heavy (non-hydrogen) atoms. The van der Waals surface area contributed by atoms with Crippen LogP contribution in [0.5, 0.6) is 0 Å². The Balaban J connectivity index is 1.44. The lowest BCUT2D eigenvalue weighted by atomic mass is 10.1. The van der Waals surface area contributed by atoms with Gasteiger partial charge in [0.05, 0.1) is 0 Å². The summed E-state index contributed by atoms with van der Waals surface area (Å²) in [7, 11) is 0. The first-order valence-electron chi connectivity index (χ1n) is 11.2. The van der Waals surface area contributed by atoms with Gasteiger partial charge in [-0.05, 0) is 55.9 Å². The number of likely N-dealkylation sites (tertiary alicyclic amines) is 2. The van der Waals surface area contributed by atoms with E-state index in [2.05, 4.69) is 5.32 Å². The van der Waals surface area contributed by atoms with Gasteiger partial charge < -0.3 is 15.1 Å². The Labute approximate surface area is 193 Å². The third-order valence-corrected chi connectivity index (χ3v) is 6.79. The van der Waals surface area contributed by atoms with E-state index in [1.54, 1.807) is 21.9 Å². The molecule has 2 heterocycles. The number of amides is 3. The van der Waals surface area contributed by atoms with E-state index in [1.807, 2.05) is 43.3 Å². The van der Waals surface area contributed by atoms with Gasteiger partial charge in [-0.3, -0.25) is 14.4 Å². The Hall–Kier alpha value is -2.86. The normalized spacial score (nSPS) is 20.4. The summed E-state index contributed by atoms with van der Waals surface area (Å²) in [6, 6.07) is 13.8. The predicted octanol–water partition coefficient (Wildman–Crippen LogP) is 3.56. The molecule has 4 rings (SSSR count).